The zero-order valence-corrected chi connectivity index (χ0v) is 7.92. The highest BCUT2D eigenvalue weighted by Crippen LogP contribution is 2.19. The summed E-state index contributed by atoms with van der Waals surface area (Å²) >= 11 is 0. The van der Waals surface area contributed by atoms with Gasteiger partial charge in [0.2, 0.25) is 0 Å². The van der Waals surface area contributed by atoms with E-state index in [4.69, 9.17) is 0 Å². The van der Waals surface area contributed by atoms with E-state index in [-0.39, 0.29) is 5.82 Å². The number of hydrogen-bond acceptors (Lipinski definition) is 2. The van der Waals surface area contributed by atoms with Gasteiger partial charge in [0.25, 0.3) is 0 Å². The van der Waals surface area contributed by atoms with Gasteiger partial charge in [-0.3, -0.25) is 4.98 Å². The first kappa shape index (κ1) is 9.09. The second-order valence-electron chi connectivity index (χ2n) is 3.13. The quantitative estimate of drug-likeness (QED) is 0.784. The smallest absolute Gasteiger partial charge is 0.132 e. The first-order valence-electron chi connectivity index (χ1n) is 4.49. The van der Waals surface area contributed by atoms with Crippen molar-refractivity contribution in [1.82, 2.24) is 10.3 Å². The summed E-state index contributed by atoms with van der Waals surface area (Å²) in [5.41, 5.74) is 0.753. The number of rotatable bonds is 2. The van der Waals surface area contributed by atoms with Crippen molar-refractivity contribution >= 4 is 10.8 Å². The molecule has 2 aromatic rings. The number of aromatic nitrogens is 1. The molecule has 0 spiro atoms. The first-order valence-corrected chi connectivity index (χ1v) is 4.49. The second kappa shape index (κ2) is 3.72. The first-order chi connectivity index (χ1) is 6.83. The minimum absolute atomic E-state index is 0.208. The molecule has 1 aromatic carbocycles. The maximum Gasteiger partial charge on any atom is 0.132 e. The molecule has 3 heteroatoms. The van der Waals surface area contributed by atoms with E-state index in [1.165, 1.54) is 6.07 Å². The minimum atomic E-state index is -0.208. The lowest BCUT2D eigenvalue weighted by molar-refractivity contribution is 0.636. The zero-order valence-electron chi connectivity index (χ0n) is 7.92. The van der Waals surface area contributed by atoms with E-state index >= 15 is 0 Å². The Labute approximate surface area is 81.8 Å². The van der Waals surface area contributed by atoms with Crippen molar-refractivity contribution in [3.05, 3.63) is 42.0 Å². The largest absolute Gasteiger partial charge is 0.314 e. The molecule has 0 aliphatic rings. The Hall–Kier alpha value is -1.48. The fourth-order valence-corrected chi connectivity index (χ4v) is 1.56. The predicted molar refractivity (Wildman–Crippen MR) is 54.5 cm³/mol. The van der Waals surface area contributed by atoms with Gasteiger partial charge in [0.1, 0.15) is 5.82 Å². The lowest BCUT2D eigenvalue weighted by Gasteiger charge is -2.05. The van der Waals surface area contributed by atoms with Crippen molar-refractivity contribution in [3.63, 3.8) is 0 Å². The Kier molecular flexibility index (Phi) is 2.41. The molecule has 14 heavy (non-hydrogen) atoms. The van der Waals surface area contributed by atoms with E-state index in [2.05, 4.69) is 10.3 Å². The third-order valence-corrected chi connectivity index (χ3v) is 2.16. The number of benzene rings is 1. The van der Waals surface area contributed by atoms with Crippen LogP contribution in [0.1, 0.15) is 5.69 Å². The third kappa shape index (κ3) is 1.46. The van der Waals surface area contributed by atoms with Crippen LogP contribution < -0.4 is 5.32 Å². The van der Waals surface area contributed by atoms with Crippen LogP contribution in [0.3, 0.4) is 0 Å². The van der Waals surface area contributed by atoms with E-state index < -0.39 is 0 Å². The molecule has 1 heterocycles. The number of halogens is 1. The van der Waals surface area contributed by atoms with Crippen molar-refractivity contribution in [2.75, 3.05) is 7.05 Å². The van der Waals surface area contributed by atoms with Gasteiger partial charge in [-0.1, -0.05) is 12.1 Å². The molecule has 0 unspecified atom stereocenters. The molecule has 0 saturated heterocycles. The molecule has 0 saturated carbocycles. The van der Waals surface area contributed by atoms with Crippen LogP contribution >= 0.6 is 0 Å². The lowest BCUT2D eigenvalue weighted by Crippen LogP contribution is -2.07. The van der Waals surface area contributed by atoms with Crippen LogP contribution in [0.2, 0.25) is 0 Å². The van der Waals surface area contributed by atoms with Crippen LogP contribution in [0, 0.1) is 5.82 Å². The highest BCUT2D eigenvalue weighted by Gasteiger charge is 2.05. The molecule has 0 atom stereocenters. The fraction of sp³-hybridized carbons (Fsp3) is 0.182. The van der Waals surface area contributed by atoms with E-state index in [9.17, 15) is 4.39 Å². The van der Waals surface area contributed by atoms with Crippen molar-refractivity contribution < 1.29 is 4.39 Å². The van der Waals surface area contributed by atoms with E-state index in [0.717, 1.165) is 11.1 Å². The van der Waals surface area contributed by atoms with Crippen LogP contribution in [0.5, 0.6) is 0 Å². The van der Waals surface area contributed by atoms with Crippen molar-refractivity contribution in [2.45, 2.75) is 6.54 Å². The number of nitrogens with one attached hydrogen (secondary N) is 1. The van der Waals surface area contributed by atoms with Crippen LogP contribution in [0.25, 0.3) is 10.8 Å². The summed E-state index contributed by atoms with van der Waals surface area (Å²) in [5, 5.41) is 4.48. The average Bonchev–Trinajstić information content (AvgIpc) is 2.19. The normalized spacial score (nSPS) is 10.7. The third-order valence-electron chi connectivity index (χ3n) is 2.16. The second-order valence-corrected chi connectivity index (χ2v) is 3.13. The van der Waals surface area contributed by atoms with Gasteiger partial charge in [0, 0.05) is 18.1 Å². The van der Waals surface area contributed by atoms with Crippen LogP contribution in [0.15, 0.2) is 30.5 Å². The summed E-state index contributed by atoms with van der Waals surface area (Å²) in [6, 6.07) is 6.88. The number of hydrogen-bond donors (Lipinski definition) is 1. The highest BCUT2D eigenvalue weighted by molar-refractivity contribution is 5.84. The number of pyridine rings is 1. The summed E-state index contributed by atoms with van der Waals surface area (Å²) in [5.74, 6) is -0.208. The Balaban J connectivity index is 2.71. The van der Waals surface area contributed by atoms with E-state index in [1.54, 1.807) is 12.3 Å². The Bertz CT molecular complexity index is 449. The summed E-state index contributed by atoms with van der Waals surface area (Å²) in [6.07, 6.45) is 1.70. The van der Waals surface area contributed by atoms with Gasteiger partial charge in [0.15, 0.2) is 0 Å². The predicted octanol–water partition coefficient (Wildman–Crippen LogP) is 2.09. The topological polar surface area (TPSA) is 24.9 Å². The number of fused-ring (bicyclic) bond motifs is 1. The Morgan fingerprint density at radius 1 is 1.36 bits per heavy atom. The molecule has 0 aliphatic carbocycles. The van der Waals surface area contributed by atoms with Crippen LogP contribution in [0.4, 0.5) is 4.39 Å². The van der Waals surface area contributed by atoms with Crippen molar-refractivity contribution in [3.8, 4) is 0 Å². The van der Waals surface area contributed by atoms with Gasteiger partial charge in [0.05, 0.1) is 5.69 Å². The van der Waals surface area contributed by atoms with Crippen LogP contribution in [-0.2, 0) is 6.54 Å². The Morgan fingerprint density at radius 2 is 2.21 bits per heavy atom. The van der Waals surface area contributed by atoms with Gasteiger partial charge in [-0.15, -0.1) is 0 Å². The van der Waals surface area contributed by atoms with Gasteiger partial charge in [-0.2, -0.15) is 0 Å². The van der Waals surface area contributed by atoms with E-state index in [1.807, 2.05) is 19.2 Å². The SMILES string of the molecule is CNCc1nccc2cccc(F)c12. The highest BCUT2D eigenvalue weighted by atomic mass is 19.1. The average molecular weight is 190 g/mol. The maximum absolute atomic E-state index is 13.5. The Morgan fingerprint density at radius 3 is 3.00 bits per heavy atom. The summed E-state index contributed by atoms with van der Waals surface area (Å²) in [4.78, 5) is 4.15. The molecule has 72 valence electrons. The number of nitrogens with zero attached hydrogens (tertiary/aromatic N) is 1. The molecular formula is C11H11FN2. The standard InChI is InChI=1S/C11H11FN2/c1-13-7-10-11-8(5-6-14-10)3-2-4-9(11)12/h2-6,13H,7H2,1H3. The van der Waals surface area contributed by atoms with Gasteiger partial charge < -0.3 is 5.32 Å². The molecule has 1 N–H and O–H groups in total. The summed E-state index contributed by atoms with van der Waals surface area (Å²) < 4.78 is 13.5. The van der Waals surface area contributed by atoms with Gasteiger partial charge >= 0.3 is 0 Å². The molecule has 2 nitrogen and oxygen atoms in total. The fourth-order valence-electron chi connectivity index (χ4n) is 1.56. The van der Waals surface area contributed by atoms with Crippen LogP contribution in [-0.4, -0.2) is 12.0 Å². The van der Waals surface area contributed by atoms with Crippen molar-refractivity contribution in [2.24, 2.45) is 0 Å². The lowest BCUT2D eigenvalue weighted by atomic mass is 10.1. The molecule has 1 aromatic heterocycles. The monoisotopic (exact) mass is 190 g/mol. The molecule has 0 radical (unpaired) electrons. The molecule has 2 rings (SSSR count). The summed E-state index contributed by atoms with van der Waals surface area (Å²) in [7, 11) is 1.82. The van der Waals surface area contributed by atoms with Gasteiger partial charge in [-0.25, -0.2) is 4.39 Å². The minimum Gasteiger partial charge on any atom is -0.314 e. The van der Waals surface area contributed by atoms with Gasteiger partial charge in [-0.05, 0) is 24.6 Å². The molecule has 0 bridgehead atoms. The van der Waals surface area contributed by atoms with E-state index in [0.29, 0.717) is 11.9 Å². The maximum atomic E-state index is 13.5. The zero-order chi connectivity index (χ0) is 9.97. The molecule has 0 amide bonds. The molecule has 0 aliphatic heterocycles. The van der Waals surface area contributed by atoms with Crippen molar-refractivity contribution in [1.29, 1.82) is 0 Å². The summed E-state index contributed by atoms with van der Waals surface area (Å²) in [6.45, 7) is 0.582. The molecular weight excluding hydrogens is 179 g/mol. The molecule has 0 fully saturated rings.